The summed E-state index contributed by atoms with van der Waals surface area (Å²) < 4.78 is 0. The van der Waals surface area contributed by atoms with Crippen LogP contribution in [0.3, 0.4) is 0 Å². The summed E-state index contributed by atoms with van der Waals surface area (Å²) in [5.41, 5.74) is 4.38. The minimum absolute atomic E-state index is 0.548. The van der Waals surface area contributed by atoms with Gasteiger partial charge < -0.3 is 5.32 Å². The van der Waals surface area contributed by atoms with E-state index in [1.165, 1.54) is 42.4 Å². The van der Waals surface area contributed by atoms with Crippen LogP contribution in [0.2, 0.25) is 0 Å². The highest BCUT2D eigenvalue weighted by Crippen LogP contribution is 2.36. The molecule has 0 spiro atoms. The molecule has 1 saturated carbocycles. The van der Waals surface area contributed by atoms with Crippen LogP contribution in [0.25, 0.3) is 0 Å². The van der Waals surface area contributed by atoms with E-state index in [2.05, 4.69) is 44.4 Å². The van der Waals surface area contributed by atoms with Crippen LogP contribution in [0.1, 0.15) is 48.4 Å². The molecule has 88 valence electrons. The Morgan fingerprint density at radius 3 is 2.31 bits per heavy atom. The third-order valence-electron chi connectivity index (χ3n) is 4.03. The van der Waals surface area contributed by atoms with Crippen molar-refractivity contribution in [2.45, 2.75) is 45.6 Å². The van der Waals surface area contributed by atoms with E-state index in [1.54, 1.807) is 0 Å². The molecule has 0 aromatic heterocycles. The number of hydrogen-bond donors (Lipinski definition) is 1. The van der Waals surface area contributed by atoms with E-state index in [0.717, 1.165) is 5.92 Å². The van der Waals surface area contributed by atoms with Gasteiger partial charge in [0.1, 0.15) is 0 Å². The van der Waals surface area contributed by atoms with E-state index in [4.69, 9.17) is 0 Å². The van der Waals surface area contributed by atoms with Gasteiger partial charge in [-0.05, 0) is 49.9 Å². The second kappa shape index (κ2) is 5.01. The fourth-order valence-electron chi connectivity index (χ4n) is 2.82. The standard InChI is InChI=1S/C15H23N/c1-11-6-4-7-12(2)15(11)14(16-3)10-13-8-5-9-13/h4,6-7,13-14,16H,5,8-10H2,1-3H3. The fraction of sp³-hybridized carbons (Fsp3) is 0.600. The third-order valence-corrected chi connectivity index (χ3v) is 4.03. The summed E-state index contributed by atoms with van der Waals surface area (Å²) >= 11 is 0. The Morgan fingerprint density at radius 1 is 1.25 bits per heavy atom. The Balaban J connectivity index is 2.17. The van der Waals surface area contributed by atoms with Crippen molar-refractivity contribution in [3.05, 3.63) is 34.9 Å². The lowest BCUT2D eigenvalue weighted by Gasteiger charge is -2.31. The quantitative estimate of drug-likeness (QED) is 0.810. The first-order valence-corrected chi connectivity index (χ1v) is 6.45. The Hall–Kier alpha value is -0.820. The molecule has 16 heavy (non-hydrogen) atoms. The predicted molar refractivity (Wildman–Crippen MR) is 69.7 cm³/mol. The average Bonchev–Trinajstić information content (AvgIpc) is 2.19. The highest BCUT2D eigenvalue weighted by molar-refractivity contribution is 5.36. The van der Waals surface area contributed by atoms with Crippen LogP contribution < -0.4 is 5.32 Å². The van der Waals surface area contributed by atoms with Crippen molar-refractivity contribution in [2.75, 3.05) is 7.05 Å². The second-order valence-corrected chi connectivity index (χ2v) is 5.18. The predicted octanol–water partition coefficient (Wildman–Crippen LogP) is 3.75. The normalized spacial score (nSPS) is 18.2. The molecule has 1 unspecified atom stereocenters. The van der Waals surface area contributed by atoms with Gasteiger partial charge in [0.2, 0.25) is 0 Å². The second-order valence-electron chi connectivity index (χ2n) is 5.18. The molecule has 2 rings (SSSR count). The Morgan fingerprint density at radius 2 is 1.88 bits per heavy atom. The average molecular weight is 217 g/mol. The van der Waals surface area contributed by atoms with Gasteiger partial charge in [-0.1, -0.05) is 37.5 Å². The Kier molecular flexibility index (Phi) is 3.65. The van der Waals surface area contributed by atoms with Crippen LogP contribution in [0.5, 0.6) is 0 Å². The summed E-state index contributed by atoms with van der Waals surface area (Å²) in [4.78, 5) is 0. The van der Waals surface area contributed by atoms with E-state index >= 15 is 0 Å². The Bertz CT molecular complexity index is 332. The highest BCUT2D eigenvalue weighted by atomic mass is 14.9. The van der Waals surface area contributed by atoms with Gasteiger partial charge in [-0.3, -0.25) is 0 Å². The molecule has 1 aromatic carbocycles. The zero-order valence-electron chi connectivity index (χ0n) is 10.7. The molecule has 1 fully saturated rings. The van der Waals surface area contributed by atoms with Crippen LogP contribution in [0.4, 0.5) is 0 Å². The minimum Gasteiger partial charge on any atom is -0.313 e. The van der Waals surface area contributed by atoms with Gasteiger partial charge in [-0.2, -0.15) is 0 Å². The molecule has 0 bridgehead atoms. The van der Waals surface area contributed by atoms with E-state index in [-0.39, 0.29) is 0 Å². The first-order valence-electron chi connectivity index (χ1n) is 6.45. The van der Waals surface area contributed by atoms with Crippen molar-refractivity contribution in [3.63, 3.8) is 0 Å². The van der Waals surface area contributed by atoms with E-state index < -0.39 is 0 Å². The molecule has 1 atom stereocenters. The SMILES string of the molecule is CNC(CC1CCC1)c1c(C)cccc1C. The summed E-state index contributed by atoms with van der Waals surface area (Å²) in [6.07, 6.45) is 5.61. The summed E-state index contributed by atoms with van der Waals surface area (Å²) in [6.45, 7) is 4.46. The van der Waals surface area contributed by atoms with Gasteiger partial charge in [0.25, 0.3) is 0 Å². The fourth-order valence-corrected chi connectivity index (χ4v) is 2.82. The van der Waals surface area contributed by atoms with E-state index in [9.17, 15) is 0 Å². The van der Waals surface area contributed by atoms with Gasteiger partial charge in [0, 0.05) is 6.04 Å². The lowest BCUT2D eigenvalue weighted by molar-refractivity contribution is 0.265. The van der Waals surface area contributed by atoms with Crippen LogP contribution in [0.15, 0.2) is 18.2 Å². The first kappa shape index (κ1) is 11.7. The minimum atomic E-state index is 0.548. The Labute approximate surface area is 99.3 Å². The monoisotopic (exact) mass is 217 g/mol. The van der Waals surface area contributed by atoms with Crippen molar-refractivity contribution < 1.29 is 0 Å². The molecule has 1 aliphatic carbocycles. The molecule has 0 aliphatic heterocycles. The van der Waals surface area contributed by atoms with Gasteiger partial charge in [-0.25, -0.2) is 0 Å². The number of benzene rings is 1. The van der Waals surface area contributed by atoms with E-state index in [1.807, 2.05) is 0 Å². The molecule has 1 aliphatic rings. The van der Waals surface area contributed by atoms with Crippen molar-refractivity contribution in [1.82, 2.24) is 5.32 Å². The van der Waals surface area contributed by atoms with Gasteiger partial charge in [-0.15, -0.1) is 0 Å². The van der Waals surface area contributed by atoms with Gasteiger partial charge >= 0.3 is 0 Å². The summed E-state index contributed by atoms with van der Waals surface area (Å²) in [6, 6.07) is 7.16. The van der Waals surface area contributed by atoms with Crippen molar-refractivity contribution in [3.8, 4) is 0 Å². The van der Waals surface area contributed by atoms with Crippen LogP contribution in [-0.2, 0) is 0 Å². The molecule has 0 amide bonds. The maximum Gasteiger partial charge on any atom is 0.0325 e. The van der Waals surface area contributed by atoms with Gasteiger partial charge in [0.05, 0.1) is 0 Å². The molecule has 1 nitrogen and oxygen atoms in total. The molecular weight excluding hydrogens is 194 g/mol. The molecule has 1 heteroatoms. The zero-order valence-corrected chi connectivity index (χ0v) is 10.7. The summed E-state index contributed by atoms with van der Waals surface area (Å²) in [7, 11) is 2.09. The highest BCUT2D eigenvalue weighted by Gasteiger charge is 2.23. The largest absolute Gasteiger partial charge is 0.313 e. The third kappa shape index (κ3) is 2.30. The number of rotatable bonds is 4. The topological polar surface area (TPSA) is 12.0 Å². The maximum absolute atomic E-state index is 3.50. The maximum atomic E-state index is 3.50. The summed E-state index contributed by atoms with van der Waals surface area (Å²) in [5.74, 6) is 0.955. The van der Waals surface area contributed by atoms with Crippen molar-refractivity contribution >= 4 is 0 Å². The van der Waals surface area contributed by atoms with Crippen molar-refractivity contribution in [2.24, 2.45) is 5.92 Å². The summed E-state index contributed by atoms with van der Waals surface area (Å²) in [5, 5.41) is 3.50. The zero-order chi connectivity index (χ0) is 11.5. The molecule has 1 N–H and O–H groups in total. The molecular formula is C15H23N. The molecule has 0 radical (unpaired) electrons. The van der Waals surface area contributed by atoms with Crippen molar-refractivity contribution in [1.29, 1.82) is 0 Å². The van der Waals surface area contributed by atoms with Gasteiger partial charge in [0.15, 0.2) is 0 Å². The molecule has 0 heterocycles. The number of nitrogens with one attached hydrogen (secondary N) is 1. The lowest BCUT2D eigenvalue weighted by Crippen LogP contribution is -2.24. The molecule has 1 aromatic rings. The number of hydrogen-bond acceptors (Lipinski definition) is 1. The molecule has 0 saturated heterocycles. The van der Waals surface area contributed by atoms with E-state index in [0.29, 0.717) is 6.04 Å². The smallest absolute Gasteiger partial charge is 0.0325 e. The number of aryl methyl sites for hydroxylation is 2. The first-order chi connectivity index (χ1) is 7.72. The van der Waals surface area contributed by atoms with Crippen LogP contribution in [0, 0.1) is 19.8 Å². The van der Waals surface area contributed by atoms with Crippen LogP contribution >= 0.6 is 0 Å². The van der Waals surface area contributed by atoms with Crippen LogP contribution in [-0.4, -0.2) is 7.05 Å². The lowest BCUT2D eigenvalue weighted by atomic mass is 9.78.